The average molecular weight is 390 g/mol. The summed E-state index contributed by atoms with van der Waals surface area (Å²) in [5.74, 6) is 0. The van der Waals surface area contributed by atoms with E-state index in [1.165, 1.54) is 25.8 Å². The van der Waals surface area contributed by atoms with Gasteiger partial charge in [-0.2, -0.15) is 0 Å². The summed E-state index contributed by atoms with van der Waals surface area (Å²) in [6.07, 6.45) is 4.18. The van der Waals surface area contributed by atoms with E-state index >= 15 is 0 Å². The Bertz CT molecular complexity index is 483. The van der Waals surface area contributed by atoms with Crippen LogP contribution in [0.5, 0.6) is 0 Å². The maximum absolute atomic E-state index is 10.4. The highest BCUT2D eigenvalue weighted by Gasteiger charge is 2.38. The van der Waals surface area contributed by atoms with Crippen molar-refractivity contribution in [1.29, 1.82) is 0 Å². The van der Waals surface area contributed by atoms with Gasteiger partial charge >= 0.3 is 0 Å². The minimum atomic E-state index is -0.346. The first-order valence-electron chi connectivity index (χ1n) is 9.07. The van der Waals surface area contributed by atoms with Crippen LogP contribution in [0.2, 0.25) is 0 Å². The summed E-state index contributed by atoms with van der Waals surface area (Å²) in [5, 5.41) is 13.9. The molecular weight excluding hydrogens is 357 g/mol. The minimum Gasteiger partial charge on any atom is -0.388 e. The molecule has 0 saturated carbocycles. The van der Waals surface area contributed by atoms with Gasteiger partial charge in [0, 0.05) is 18.6 Å². The van der Waals surface area contributed by atoms with Crippen LogP contribution in [0.4, 0.5) is 0 Å². The normalized spacial score (nSPS) is 22.5. The van der Waals surface area contributed by atoms with E-state index in [4.69, 9.17) is 0 Å². The van der Waals surface area contributed by atoms with E-state index in [1.807, 2.05) is 30.3 Å². The zero-order valence-corrected chi connectivity index (χ0v) is 16.8. The number of benzene rings is 1. The van der Waals surface area contributed by atoms with E-state index in [9.17, 15) is 5.11 Å². The van der Waals surface area contributed by atoms with Crippen LogP contribution in [-0.2, 0) is 0 Å². The molecule has 6 heteroatoms. The van der Waals surface area contributed by atoms with Crippen molar-refractivity contribution >= 4 is 24.8 Å². The Morgan fingerprint density at radius 3 is 2.48 bits per heavy atom. The van der Waals surface area contributed by atoms with E-state index in [2.05, 4.69) is 22.2 Å². The lowest BCUT2D eigenvalue weighted by molar-refractivity contribution is 0.0596. The highest BCUT2D eigenvalue weighted by Crippen LogP contribution is 2.29. The average Bonchev–Trinajstić information content (AvgIpc) is 2.74. The predicted molar refractivity (Wildman–Crippen MR) is 109 cm³/mol. The maximum Gasteiger partial charge on any atom is 0.0802 e. The number of hydrogen-bond donors (Lipinski definition) is 2. The van der Waals surface area contributed by atoms with Crippen molar-refractivity contribution in [2.24, 2.45) is 0 Å². The van der Waals surface area contributed by atoms with E-state index < -0.39 is 0 Å². The molecule has 2 heterocycles. The number of piperidine rings is 1. The van der Waals surface area contributed by atoms with Gasteiger partial charge in [-0.05, 0) is 64.5 Å². The minimum absolute atomic E-state index is 0. The van der Waals surface area contributed by atoms with Gasteiger partial charge in [-0.25, -0.2) is 0 Å². The third kappa shape index (κ3) is 5.81. The van der Waals surface area contributed by atoms with E-state index in [0.29, 0.717) is 5.54 Å². The summed E-state index contributed by atoms with van der Waals surface area (Å²) in [7, 11) is 2.30. The summed E-state index contributed by atoms with van der Waals surface area (Å²) in [5.41, 5.74) is 1.37. The third-order valence-corrected chi connectivity index (χ3v) is 5.73. The zero-order valence-electron chi connectivity index (χ0n) is 15.2. The Hall–Kier alpha value is -0.360. The molecule has 3 rings (SSSR count). The zero-order chi connectivity index (χ0) is 16.1. The lowest BCUT2D eigenvalue weighted by atomic mass is 9.86. The highest BCUT2D eigenvalue weighted by molar-refractivity contribution is 5.85. The van der Waals surface area contributed by atoms with Crippen LogP contribution in [0, 0.1) is 0 Å². The first-order valence-corrected chi connectivity index (χ1v) is 9.07. The van der Waals surface area contributed by atoms with E-state index in [0.717, 1.165) is 44.7 Å². The molecular formula is C19H33Cl2N3O. The molecule has 0 unspecified atom stereocenters. The largest absolute Gasteiger partial charge is 0.388 e. The van der Waals surface area contributed by atoms with Crippen molar-refractivity contribution in [2.75, 3.05) is 46.3 Å². The molecule has 0 aliphatic carbocycles. The molecule has 1 aromatic carbocycles. The SMILES string of the molecule is CN1CCCN(CC[C@H](O)c2ccccc2)CC12CCNCC2.Cl.Cl. The van der Waals surface area contributed by atoms with Crippen molar-refractivity contribution in [3.8, 4) is 0 Å². The lowest BCUT2D eigenvalue weighted by Crippen LogP contribution is -2.57. The molecule has 25 heavy (non-hydrogen) atoms. The number of hydrogen-bond acceptors (Lipinski definition) is 4. The molecule has 2 N–H and O–H groups in total. The molecule has 1 spiro atoms. The van der Waals surface area contributed by atoms with Crippen LogP contribution >= 0.6 is 24.8 Å². The summed E-state index contributed by atoms with van der Waals surface area (Å²) in [6.45, 7) is 6.74. The molecule has 0 aromatic heterocycles. The van der Waals surface area contributed by atoms with Gasteiger partial charge in [0.05, 0.1) is 6.10 Å². The molecule has 0 bridgehead atoms. The summed E-state index contributed by atoms with van der Waals surface area (Å²) < 4.78 is 0. The smallest absolute Gasteiger partial charge is 0.0802 e. The third-order valence-electron chi connectivity index (χ3n) is 5.73. The topological polar surface area (TPSA) is 38.7 Å². The highest BCUT2D eigenvalue weighted by atomic mass is 35.5. The molecule has 0 radical (unpaired) electrons. The quantitative estimate of drug-likeness (QED) is 0.829. The fourth-order valence-electron chi connectivity index (χ4n) is 4.15. The molecule has 2 aliphatic rings. The number of likely N-dealkylation sites (N-methyl/N-ethyl adjacent to an activating group) is 1. The Labute approximate surface area is 164 Å². The first kappa shape index (κ1) is 22.7. The number of halogens is 2. The standard InChI is InChI=1S/C19H31N3O.2ClH/c1-21-13-5-14-22(16-19(21)9-11-20-12-10-19)15-8-18(23)17-6-3-2-4-7-17;;/h2-4,6-7,18,20,23H,5,8-16H2,1H3;2*1H/t18-;;/m0../s1. The number of rotatable bonds is 4. The van der Waals surface area contributed by atoms with E-state index in [-0.39, 0.29) is 30.9 Å². The molecule has 4 nitrogen and oxygen atoms in total. The number of aliphatic hydroxyl groups excluding tert-OH is 1. The van der Waals surface area contributed by atoms with Gasteiger partial charge in [-0.15, -0.1) is 24.8 Å². The van der Waals surface area contributed by atoms with Crippen molar-refractivity contribution in [1.82, 2.24) is 15.1 Å². The van der Waals surface area contributed by atoms with Gasteiger partial charge in [0.2, 0.25) is 0 Å². The van der Waals surface area contributed by atoms with Gasteiger partial charge < -0.3 is 15.3 Å². The summed E-state index contributed by atoms with van der Waals surface area (Å²) in [4.78, 5) is 5.18. The Morgan fingerprint density at radius 1 is 1.12 bits per heavy atom. The second-order valence-corrected chi connectivity index (χ2v) is 7.24. The second kappa shape index (κ2) is 10.7. The van der Waals surface area contributed by atoms with E-state index in [1.54, 1.807) is 0 Å². The molecule has 0 amide bonds. The molecule has 2 fully saturated rings. The number of nitrogens with zero attached hydrogens (tertiary/aromatic N) is 2. The predicted octanol–water partition coefficient (Wildman–Crippen LogP) is 2.71. The molecule has 144 valence electrons. The van der Waals surface area contributed by atoms with Crippen LogP contribution < -0.4 is 5.32 Å². The number of nitrogens with one attached hydrogen (secondary N) is 1. The molecule has 2 aliphatic heterocycles. The monoisotopic (exact) mass is 389 g/mol. The first-order chi connectivity index (χ1) is 11.2. The van der Waals surface area contributed by atoms with Crippen LogP contribution in [0.25, 0.3) is 0 Å². The Morgan fingerprint density at radius 2 is 1.80 bits per heavy atom. The van der Waals surface area contributed by atoms with Gasteiger partial charge in [0.25, 0.3) is 0 Å². The van der Waals surface area contributed by atoms with Crippen LogP contribution in [-0.4, -0.2) is 66.8 Å². The van der Waals surface area contributed by atoms with Crippen LogP contribution in [0.1, 0.15) is 37.4 Å². The fraction of sp³-hybridized carbons (Fsp3) is 0.684. The van der Waals surface area contributed by atoms with Gasteiger partial charge in [0.1, 0.15) is 0 Å². The summed E-state index contributed by atoms with van der Waals surface area (Å²) in [6, 6.07) is 10.1. The Kier molecular flexibility index (Phi) is 9.71. The van der Waals surface area contributed by atoms with Crippen LogP contribution in [0.3, 0.4) is 0 Å². The lowest BCUT2D eigenvalue weighted by Gasteiger charge is -2.45. The van der Waals surface area contributed by atoms with Gasteiger partial charge in [-0.3, -0.25) is 4.90 Å². The van der Waals surface area contributed by atoms with Gasteiger partial charge in [-0.1, -0.05) is 30.3 Å². The Balaban J connectivity index is 0.00000156. The molecule has 1 atom stereocenters. The fourth-order valence-corrected chi connectivity index (χ4v) is 4.15. The molecule has 1 aromatic rings. The van der Waals surface area contributed by atoms with Crippen LogP contribution in [0.15, 0.2) is 30.3 Å². The van der Waals surface area contributed by atoms with Crippen molar-refractivity contribution in [3.63, 3.8) is 0 Å². The van der Waals surface area contributed by atoms with Gasteiger partial charge in [0.15, 0.2) is 0 Å². The van der Waals surface area contributed by atoms with Crippen molar-refractivity contribution < 1.29 is 5.11 Å². The molecule has 2 saturated heterocycles. The number of aliphatic hydroxyl groups is 1. The maximum atomic E-state index is 10.4. The second-order valence-electron chi connectivity index (χ2n) is 7.24. The summed E-state index contributed by atoms with van der Waals surface area (Å²) >= 11 is 0. The van der Waals surface area contributed by atoms with Crippen molar-refractivity contribution in [2.45, 2.75) is 37.3 Å². The van der Waals surface area contributed by atoms with Crippen molar-refractivity contribution in [3.05, 3.63) is 35.9 Å².